The minimum absolute atomic E-state index is 0.111. The Morgan fingerprint density at radius 2 is 2.12 bits per heavy atom. The number of alkyl carbamates (subject to hydrolysis) is 1. The van der Waals surface area contributed by atoms with Crippen LogP contribution in [0.5, 0.6) is 0 Å². The minimum Gasteiger partial charge on any atom is -0.445 e. The minimum atomic E-state index is -0.548. The molecule has 0 aliphatic heterocycles. The van der Waals surface area contributed by atoms with Crippen molar-refractivity contribution in [3.63, 3.8) is 0 Å². The van der Waals surface area contributed by atoms with Gasteiger partial charge >= 0.3 is 6.09 Å². The van der Waals surface area contributed by atoms with Crippen LogP contribution < -0.4 is 5.32 Å². The number of halogens is 2. The molecule has 1 rings (SSSR count). The van der Waals surface area contributed by atoms with Crippen LogP contribution in [0.3, 0.4) is 0 Å². The van der Waals surface area contributed by atoms with E-state index in [1.54, 1.807) is 18.2 Å². The van der Waals surface area contributed by atoms with E-state index in [4.69, 9.17) is 27.9 Å². The Hall–Kier alpha value is -0.970. The molecule has 1 aromatic rings. The molecule has 0 atom stereocenters. The second-order valence-electron chi connectivity index (χ2n) is 2.93. The van der Waals surface area contributed by atoms with Crippen LogP contribution in [0.1, 0.15) is 5.56 Å². The Morgan fingerprint density at radius 3 is 2.75 bits per heavy atom. The lowest BCUT2D eigenvalue weighted by Gasteiger charge is -2.06. The number of carbonyl (C=O) groups is 1. The zero-order valence-corrected chi connectivity index (χ0v) is 10.1. The molecule has 0 aromatic heterocycles. The molecule has 1 amide bonds. The normalized spacial score (nSPS) is 9.94. The molecule has 0 heterocycles. The molecular weight excluding hydrogens is 253 g/mol. The summed E-state index contributed by atoms with van der Waals surface area (Å²) in [5.74, 6) is 0. The summed E-state index contributed by atoms with van der Waals surface area (Å²) in [6, 6.07) is 5.03. The summed E-state index contributed by atoms with van der Waals surface area (Å²) in [4.78, 5) is 11.1. The molecule has 1 N–H and O–H groups in total. The quantitative estimate of drug-likeness (QED) is 0.850. The molecule has 0 fully saturated rings. The number of hydrogen-bond acceptors (Lipinski definition) is 3. The maximum absolute atomic E-state index is 11.1. The van der Waals surface area contributed by atoms with E-state index in [1.165, 1.54) is 7.11 Å². The molecule has 0 aliphatic carbocycles. The highest BCUT2D eigenvalue weighted by Gasteiger charge is 2.03. The van der Waals surface area contributed by atoms with E-state index in [1.807, 2.05) is 0 Å². The van der Waals surface area contributed by atoms with Crippen LogP contribution in [0.25, 0.3) is 0 Å². The molecule has 16 heavy (non-hydrogen) atoms. The van der Waals surface area contributed by atoms with Gasteiger partial charge in [0.25, 0.3) is 0 Å². The molecule has 0 unspecified atom stereocenters. The molecule has 4 nitrogen and oxygen atoms in total. The standard InChI is InChI=1S/C10H11Cl2NO3/c1-15-6-13-10(14)16-5-7-2-3-8(11)9(12)4-7/h2-4H,5-6H2,1H3,(H,13,14). The van der Waals surface area contributed by atoms with Crippen molar-refractivity contribution >= 4 is 29.3 Å². The molecule has 0 bridgehead atoms. The first-order chi connectivity index (χ1) is 7.63. The highest BCUT2D eigenvalue weighted by molar-refractivity contribution is 6.42. The number of ether oxygens (including phenoxy) is 2. The van der Waals surface area contributed by atoms with Crippen LogP contribution in [0, 0.1) is 0 Å². The Bertz CT molecular complexity index is 371. The van der Waals surface area contributed by atoms with Crippen molar-refractivity contribution in [1.29, 1.82) is 0 Å². The van der Waals surface area contributed by atoms with Crippen molar-refractivity contribution in [3.05, 3.63) is 33.8 Å². The number of methoxy groups -OCH3 is 1. The van der Waals surface area contributed by atoms with Gasteiger partial charge in [0.05, 0.1) is 10.0 Å². The van der Waals surface area contributed by atoms with E-state index in [-0.39, 0.29) is 13.3 Å². The first kappa shape index (κ1) is 13.1. The summed E-state index contributed by atoms with van der Waals surface area (Å²) in [6.07, 6.45) is -0.548. The molecule has 6 heteroatoms. The lowest BCUT2D eigenvalue weighted by atomic mass is 10.2. The Kier molecular flexibility index (Phi) is 5.38. The van der Waals surface area contributed by atoms with Crippen LogP contribution in [-0.2, 0) is 16.1 Å². The molecule has 0 saturated heterocycles. The molecule has 88 valence electrons. The molecule has 1 aromatic carbocycles. The largest absolute Gasteiger partial charge is 0.445 e. The number of benzene rings is 1. The van der Waals surface area contributed by atoms with Gasteiger partial charge in [0.2, 0.25) is 0 Å². The van der Waals surface area contributed by atoms with Crippen LogP contribution in [-0.4, -0.2) is 19.9 Å². The van der Waals surface area contributed by atoms with Gasteiger partial charge in [-0.25, -0.2) is 4.79 Å². The lowest BCUT2D eigenvalue weighted by molar-refractivity contribution is 0.115. The SMILES string of the molecule is COCNC(=O)OCc1ccc(Cl)c(Cl)c1. The number of hydrogen-bond donors (Lipinski definition) is 1. The van der Waals surface area contributed by atoms with Crippen LogP contribution in [0.2, 0.25) is 10.0 Å². The second kappa shape index (κ2) is 6.58. The van der Waals surface area contributed by atoms with Crippen LogP contribution >= 0.6 is 23.2 Å². The fourth-order valence-corrected chi connectivity index (χ4v) is 1.28. The Morgan fingerprint density at radius 1 is 1.38 bits per heavy atom. The fraction of sp³-hybridized carbons (Fsp3) is 0.300. The molecule has 0 spiro atoms. The third-order valence-electron chi connectivity index (χ3n) is 1.71. The Balaban J connectivity index is 2.42. The van der Waals surface area contributed by atoms with Crippen molar-refractivity contribution in [3.8, 4) is 0 Å². The third-order valence-corrected chi connectivity index (χ3v) is 2.45. The topological polar surface area (TPSA) is 47.6 Å². The zero-order chi connectivity index (χ0) is 12.0. The average Bonchev–Trinajstić information content (AvgIpc) is 2.28. The first-order valence-corrected chi connectivity index (χ1v) is 5.22. The molecular formula is C10H11Cl2NO3. The maximum atomic E-state index is 11.1. The van der Waals surface area contributed by atoms with E-state index in [2.05, 4.69) is 10.1 Å². The first-order valence-electron chi connectivity index (χ1n) is 4.47. The number of nitrogens with one attached hydrogen (secondary N) is 1. The monoisotopic (exact) mass is 263 g/mol. The lowest BCUT2D eigenvalue weighted by Crippen LogP contribution is -2.25. The van der Waals surface area contributed by atoms with E-state index in [9.17, 15) is 4.79 Å². The van der Waals surface area contributed by atoms with Gasteiger partial charge in [-0.15, -0.1) is 0 Å². The second-order valence-corrected chi connectivity index (χ2v) is 3.75. The summed E-state index contributed by atoms with van der Waals surface area (Å²) in [5, 5.41) is 3.28. The maximum Gasteiger partial charge on any atom is 0.409 e. The third kappa shape index (κ3) is 4.26. The van der Waals surface area contributed by atoms with Crippen molar-refractivity contribution < 1.29 is 14.3 Å². The van der Waals surface area contributed by atoms with Crippen LogP contribution in [0.15, 0.2) is 18.2 Å². The molecule has 0 aliphatic rings. The van der Waals surface area contributed by atoms with Gasteiger partial charge in [-0.3, -0.25) is 5.32 Å². The van der Waals surface area contributed by atoms with E-state index >= 15 is 0 Å². The van der Waals surface area contributed by atoms with E-state index in [0.717, 1.165) is 5.56 Å². The average molecular weight is 264 g/mol. The number of amides is 1. The summed E-state index contributed by atoms with van der Waals surface area (Å²) in [5.41, 5.74) is 0.766. The smallest absolute Gasteiger partial charge is 0.409 e. The summed E-state index contributed by atoms with van der Waals surface area (Å²) >= 11 is 11.5. The predicted molar refractivity (Wildman–Crippen MR) is 61.7 cm³/mol. The van der Waals surface area contributed by atoms with Crippen LogP contribution in [0.4, 0.5) is 4.79 Å². The summed E-state index contributed by atoms with van der Waals surface area (Å²) in [6.45, 7) is 0.243. The van der Waals surface area contributed by atoms with Crippen molar-refractivity contribution in [1.82, 2.24) is 5.32 Å². The highest BCUT2D eigenvalue weighted by atomic mass is 35.5. The fourth-order valence-electron chi connectivity index (χ4n) is 0.960. The summed E-state index contributed by atoms with van der Waals surface area (Å²) < 4.78 is 9.54. The number of rotatable bonds is 4. The number of carbonyl (C=O) groups excluding carboxylic acids is 1. The molecule has 0 radical (unpaired) electrons. The zero-order valence-electron chi connectivity index (χ0n) is 8.63. The van der Waals surface area contributed by atoms with Gasteiger partial charge in [-0.2, -0.15) is 0 Å². The highest BCUT2D eigenvalue weighted by Crippen LogP contribution is 2.22. The van der Waals surface area contributed by atoms with Gasteiger partial charge in [0, 0.05) is 7.11 Å². The van der Waals surface area contributed by atoms with Gasteiger partial charge < -0.3 is 9.47 Å². The van der Waals surface area contributed by atoms with Gasteiger partial charge in [-0.1, -0.05) is 29.3 Å². The Labute approximate surface area is 103 Å². The summed E-state index contributed by atoms with van der Waals surface area (Å²) in [7, 11) is 1.47. The predicted octanol–water partition coefficient (Wildman–Crippen LogP) is 2.82. The van der Waals surface area contributed by atoms with Gasteiger partial charge in [0.1, 0.15) is 13.3 Å². The van der Waals surface area contributed by atoms with Crippen molar-refractivity contribution in [2.24, 2.45) is 0 Å². The molecule has 0 saturated carbocycles. The van der Waals surface area contributed by atoms with Crippen molar-refractivity contribution in [2.45, 2.75) is 6.61 Å². The van der Waals surface area contributed by atoms with E-state index in [0.29, 0.717) is 10.0 Å². The van der Waals surface area contributed by atoms with Gasteiger partial charge in [-0.05, 0) is 17.7 Å². The van der Waals surface area contributed by atoms with Crippen molar-refractivity contribution in [2.75, 3.05) is 13.8 Å². The van der Waals surface area contributed by atoms with E-state index < -0.39 is 6.09 Å². The van der Waals surface area contributed by atoms with Gasteiger partial charge in [0.15, 0.2) is 0 Å².